The maximum absolute atomic E-state index is 13.5. The van der Waals surface area contributed by atoms with Crippen LogP contribution in [-0.2, 0) is 11.3 Å². The first kappa shape index (κ1) is 20.6. The fraction of sp³-hybridized carbons (Fsp3) is 0.120. The lowest BCUT2D eigenvalue weighted by molar-refractivity contribution is -0.130. The fourth-order valence-corrected chi connectivity index (χ4v) is 4.66. The Bertz CT molecular complexity index is 1480. The van der Waals surface area contributed by atoms with Gasteiger partial charge in [0.05, 0.1) is 11.8 Å². The molecule has 1 N–H and O–H groups in total. The number of ether oxygens (including phenoxy) is 2. The van der Waals surface area contributed by atoms with E-state index in [4.69, 9.17) is 18.3 Å². The van der Waals surface area contributed by atoms with E-state index in [9.17, 15) is 14.7 Å². The van der Waals surface area contributed by atoms with Crippen LogP contribution in [0.1, 0.15) is 27.9 Å². The first-order chi connectivity index (χ1) is 16.5. The van der Waals surface area contributed by atoms with Crippen molar-refractivity contribution in [3.63, 3.8) is 0 Å². The molecule has 4 aromatic rings. The Kier molecular flexibility index (Phi) is 4.73. The molecule has 170 valence electrons. The zero-order valence-electron chi connectivity index (χ0n) is 17.5. The van der Waals surface area contributed by atoms with Gasteiger partial charge in [-0.15, -0.1) is 0 Å². The SMILES string of the molecule is O=C(C1=C(O)C(=O)N(Cc2ccc3c(c2)OCO3)C1c1ccco1)c1cc2cc(Br)ccc2o1. The molecule has 1 atom stereocenters. The summed E-state index contributed by atoms with van der Waals surface area (Å²) >= 11 is 3.40. The number of furan rings is 2. The zero-order chi connectivity index (χ0) is 23.4. The average molecular weight is 522 g/mol. The highest BCUT2D eigenvalue weighted by Crippen LogP contribution is 2.41. The minimum atomic E-state index is -0.930. The van der Waals surface area contributed by atoms with Crippen molar-refractivity contribution < 1.29 is 33.0 Å². The molecule has 2 aromatic heterocycles. The van der Waals surface area contributed by atoms with Crippen LogP contribution in [0.5, 0.6) is 11.5 Å². The average Bonchev–Trinajstić information content (AvgIpc) is 3.62. The Labute approximate surface area is 201 Å². The first-order valence-corrected chi connectivity index (χ1v) is 11.2. The van der Waals surface area contributed by atoms with E-state index in [2.05, 4.69) is 15.9 Å². The summed E-state index contributed by atoms with van der Waals surface area (Å²) in [7, 11) is 0. The Morgan fingerprint density at radius 3 is 2.76 bits per heavy atom. The maximum Gasteiger partial charge on any atom is 0.290 e. The van der Waals surface area contributed by atoms with Crippen LogP contribution in [0.25, 0.3) is 11.0 Å². The highest BCUT2D eigenvalue weighted by molar-refractivity contribution is 9.10. The van der Waals surface area contributed by atoms with E-state index in [1.165, 1.54) is 11.2 Å². The van der Waals surface area contributed by atoms with E-state index in [-0.39, 0.29) is 24.7 Å². The quantitative estimate of drug-likeness (QED) is 0.355. The third-order valence-electron chi connectivity index (χ3n) is 5.85. The van der Waals surface area contributed by atoms with Gasteiger partial charge in [-0.25, -0.2) is 0 Å². The molecule has 1 amide bonds. The monoisotopic (exact) mass is 521 g/mol. The van der Waals surface area contributed by atoms with Crippen LogP contribution >= 0.6 is 15.9 Å². The second-order valence-corrected chi connectivity index (χ2v) is 8.84. The minimum absolute atomic E-state index is 0.0175. The number of aliphatic hydroxyl groups is 1. The molecule has 2 aliphatic rings. The number of halogens is 1. The van der Waals surface area contributed by atoms with Crippen molar-refractivity contribution in [3.8, 4) is 11.5 Å². The van der Waals surface area contributed by atoms with Crippen molar-refractivity contribution in [2.45, 2.75) is 12.6 Å². The molecule has 9 heteroatoms. The van der Waals surface area contributed by atoms with E-state index in [1.54, 1.807) is 48.5 Å². The van der Waals surface area contributed by atoms with E-state index in [0.29, 0.717) is 28.2 Å². The molecule has 0 radical (unpaired) electrons. The lowest BCUT2D eigenvalue weighted by Crippen LogP contribution is -2.30. The van der Waals surface area contributed by atoms with Crippen molar-refractivity contribution in [2.75, 3.05) is 6.79 Å². The molecule has 2 aliphatic heterocycles. The van der Waals surface area contributed by atoms with Crippen LogP contribution in [0.3, 0.4) is 0 Å². The molecular weight excluding hydrogens is 506 g/mol. The number of carbonyl (C=O) groups excluding carboxylic acids is 2. The normalized spacial score (nSPS) is 17.3. The standard InChI is InChI=1S/C25H16BrNO7/c26-15-4-6-16-14(9-15)10-20(34-16)23(28)21-22(18-2-1-7-31-18)27(25(30)24(21)29)11-13-3-5-17-19(8-13)33-12-32-17/h1-10,22,29H,11-12H2. The van der Waals surface area contributed by atoms with Gasteiger partial charge in [-0.05, 0) is 54.1 Å². The number of rotatable bonds is 5. The molecule has 4 heterocycles. The molecule has 6 rings (SSSR count). The zero-order valence-corrected chi connectivity index (χ0v) is 19.1. The number of carbonyl (C=O) groups is 2. The van der Waals surface area contributed by atoms with Gasteiger partial charge in [0.2, 0.25) is 12.6 Å². The summed E-state index contributed by atoms with van der Waals surface area (Å²) in [4.78, 5) is 28.1. The molecule has 2 aromatic carbocycles. The van der Waals surface area contributed by atoms with Crippen molar-refractivity contribution in [3.05, 3.63) is 93.7 Å². The number of fused-ring (bicyclic) bond motifs is 2. The summed E-state index contributed by atoms with van der Waals surface area (Å²) in [6, 6.07) is 14.7. The van der Waals surface area contributed by atoms with Gasteiger partial charge in [0, 0.05) is 16.4 Å². The summed E-state index contributed by atoms with van der Waals surface area (Å²) in [5.41, 5.74) is 1.16. The van der Waals surface area contributed by atoms with Crippen molar-refractivity contribution in [1.29, 1.82) is 0 Å². The number of ketones is 1. The van der Waals surface area contributed by atoms with Gasteiger partial charge in [0.15, 0.2) is 23.0 Å². The number of Topliss-reactive ketones (excluding diaryl/α,β-unsaturated/α-hetero) is 1. The summed E-state index contributed by atoms with van der Waals surface area (Å²) in [6.07, 6.45) is 1.45. The van der Waals surface area contributed by atoms with E-state index >= 15 is 0 Å². The lowest BCUT2D eigenvalue weighted by Gasteiger charge is -2.24. The van der Waals surface area contributed by atoms with Gasteiger partial charge in [0.1, 0.15) is 17.4 Å². The third-order valence-corrected chi connectivity index (χ3v) is 6.35. The predicted molar refractivity (Wildman–Crippen MR) is 122 cm³/mol. The minimum Gasteiger partial charge on any atom is -0.503 e. The second-order valence-electron chi connectivity index (χ2n) is 7.92. The number of benzene rings is 2. The fourth-order valence-electron chi connectivity index (χ4n) is 4.29. The van der Waals surface area contributed by atoms with E-state index < -0.39 is 23.5 Å². The van der Waals surface area contributed by atoms with Crippen LogP contribution < -0.4 is 9.47 Å². The number of amides is 1. The molecule has 34 heavy (non-hydrogen) atoms. The Balaban J connectivity index is 1.39. The topological polar surface area (TPSA) is 102 Å². The Hall–Kier alpha value is -3.98. The highest BCUT2D eigenvalue weighted by Gasteiger charge is 2.46. The molecular formula is C25H16BrNO7. The van der Waals surface area contributed by atoms with E-state index in [1.807, 2.05) is 6.07 Å². The predicted octanol–water partition coefficient (Wildman–Crippen LogP) is 5.30. The van der Waals surface area contributed by atoms with Crippen molar-refractivity contribution in [2.24, 2.45) is 0 Å². The summed E-state index contributed by atoms with van der Waals surface area (Å²) < 4.78 is 22.9. The van der Waals surface area contributed by atoms with Gasteiger partial charge in [-0.2, -0.15) is 0 Å². The number of hydrogen-bond acceptors (Lipinski definition) is 7. The van der Waals surface area contributed by atoms with Gasteiger partial charge in [-0.1, -0.05) is 22.0 Å². The van der Waals surface area contributed by atoms with Crippen molar-refractivity contribution in [1.82, 2.24) is 4.90 Å². The largest absolute Gasteiger partial charge is 0.503 e. The third kappa shape index (κ3) is 3.28. The van der Waals surface area contributed by atoms with Gasteiger partial charge in [-0.3, -0.25) is 9.59 Å². The van der Waals surface area contributed by atoms with Crippen LogP contribution in [0.4, 0.5) is 0 Å². The van der Waals surface area contributed by atoms with Gasteiger partial charge in [0.25, 0.3) is 5.91 Å². The van der Waals surface area contributed by atoms with Crippen LogP contribution in [0, 0.1) is 0 Å². The van der Waals surface area contributed by atoms with Crippen LogP contribution in [-0.4, -0.2) is 28.5 Å². The number of hydrogen-bond donors (Lipinski definition) is 1. The molecule has 0 spiro atoms. The number of aliphatic hydroxyl groups excluding tert-OH is 1. The molecule has 0 fully saturated rings. The van der Waals surface area contributed by atoms with Gasteiger partial charge < -0.3 is 28.3 Å². The molecule has 1 unspecified atom stereocenters. The molecule has 0 saturated carbocycles. The number of nitrogens with zero attached hydrogens (tertiary/aromatic N) is 1. The smallest absolute Gasteiger partial charge is 0.290 e. The first-order valence-electron chi connectivity index (χ1n) is 10.4. The summed E-state index contributed by atoms with van der Waals surface area (Å²) in [6.45, 7) is 0.236. The Morgan fingerprint density at radius 2 is 1.94 bits per heavy atom. The van der Waals surface area contributed by atoms with E-state index in [0.717, 1.165) is 10.0 Å². The second kappa shape index (κ2) is 7.81. The van der Waals surface area contributed by atoms with Crippen molar-refractivity contribution >= 4 is 38.6 Å². The van der Waals surface area contributed by atoms with Crippen LogP contribution in [0.2, 0.25) is 0 Å². The Morgan fingerprint density at radius 1 is 1.09 bits per heavy atom. The molecule has 0 bridgehead atoms. The highest BCUT2D eigenvalue weighted by atomic mass is 79.9. The summed E-state index contributed by atoms with van der Waals surface area (Å²) in [5.74, 6) is -0.347. The van der Waals surface area contributed by atoms with Crippen LogP contribution in [0.15, 0.2) is 85.5 Å². The van der Waals surface area contributed by atoms with Gasteiger partial charge >= 0.3 is 0 Å². The maximum atomic E-state index is 13.5. The molecule has 8 nitrogen and oxygen atoms in total. The molecule has 0 saturated heterocycles. The summed E-state index contributed by atoms with van der Waals surface area (Å²) in [5, 5.41) is 11.5. The molecule has 0 aliphatic carbocycles. The lowest BCUT2D eigenvalue weighted by atomic mass is 9.99.